The Bertz CT molecular complexity index is 770. The third-order valence-corrected chi connectivity index (χ3v) is 4.23. The largest absolute Gasteiger partial charge is 0.370 e. The summed E-state index contributed by atoms with van der Waals surface area (Å²) in [4.78, 5) is 19.4. The molecule has 0 bridgehead atoms. The Morgan fingerprint density at radius 1 is 1.24 bits per heavy atom. The van der Waals surface area contributed by atoms with E-state index in [0.717, 1.165) is 23.9 Å². The maximum Gasteiger partial charge on any atom is 0.276 e. The lowest BCUT2D eigenvalue weighted by molar-refractivity contribution is 0.0837. The zero-order valence-electron chi connectivity index (χ0n) is 15.8. The number of hydrogen-bond acceptors (Lipinski definition) is 3. The van der Waals surface area contributed by atoms with Gasteiger partial charge in [-0.05, 0) is 50.2 Å². The van der Waals surface area contributed by atoms with Crippen LogP contribution in [0.4, 0.5) is 0 Å². The van der Waals surface area contributed by atoms with Gasteiger partial charge in [-0.3, -0.25) is 15.1 Å². The summed E-state index contributed by atoms with van der Waals surface area (Å²) >= 11 is 0. The second kappa shape index (κ2) is 7.27. The predicted molar refractivity (Wildman–Crippen MR) is 103 cm³/mol. The minimum Gasteiger partial charge on any atom is -0.370 e. The molecule has 0 fully saturated rings. The first-order valence-electron chi connectivity index (χ1n) is 8.54. The van der Waals surface area contributed by atoms with Crippen LogP contribution in [0.5, 0.6) is 0 Å². The molecule has 4 N–H and O–H groups in total. The molecule has 136 valence electrons. The summed E-state index contributed by atoms with van der Waals surface area (Å²) in [5.41, 5.74) is 8.20. The highest BCUT2D eigenvalue weighted by atomic mass is 16.2. The van der Waals surface area contributed by atoms with Crippen molar-refractivity contribution < 1.29 is 4.79 Å². The maximum atomic E-state index is 12.9. The van der Waals surface area contributed by atoms with Crippen molar-refractivity contribution in [3.8, 4) is 0 Å². The van der Waals surface area contributed by atoms with E-state index < -0.39 is 0 Å². The van der Waals surface area contributed by atoms with Crippen LogP contribution in [0.15, 0.2) is 24.3 Å². The van der Waals surface area contributed by atoms with Gasteiger partial charge in [0.1, 0.15) is 5.69 Å². The van der Waals surface area contributed by atoms with E-state index in [2.05, 4.69) is 31.8 Å². The van der Waals surface area contributed by atoms with E-state index in [1.165, 1.54) is 10.5 Å². The van der Waals surface area contributed by atoms with Crippen molar-refractivity contribution >= 4 is 22.8 Å². The van der Waals surface area contributed by atoms with Gasteiger partial charge < -0.3 is 15.6 Å². The lowest BCUT2D eigenvalue weighted by atomic mass is 9.85. The first-order valence-corrected chi connectivity index (χ1v) is 8.54. The lowest BCUT2D eigenvalue weighted by Crippen LogP contribution is -2.42. The number of fused-ring (bicyclic) bond motifs is 1. The van der Waals surface area contributed by atoms with Crippen LogP contribution in [0.1, 0.15) is 43.2 Å². The topological polar surface area (TPSA) is 89.2 Å². The highest BCUT2D eigenvalue weighted by Crippen LogP contribution is 2.30. The second-order valence-corrected chi connectivity index (χ2v) is 7.70. The van der Waals surface area contributed by atoms with Crippen molar-refractivity contribution in [1.82, 2.24) is 14.8 Å². The van der Waals surface area contributed by atoms with Gasteiger partial charge in [-0.2, -0.15) is 0 Å². The van der Waals surface area contributed by atoms with E-state index >= 15 is 0 Å². The molecule has 0 saturated heterocycles. The molecule has 0 aliphatic rings. The van der Waals surface area contributed by atoms with Crippen LogP contribution in [0.3, 0.4) is 0 Å². The average Bonchev–Trinajstić information content (AvgIpc) is 2.93. The van der Waals surface area contributed by atoms with Gasteiger partial charge in [0.2, 0.25) is 0 Å². The number of aromatic nitrogens is 1. The van der Waals surface area contributed by atoms with Gasteiger partial charge in [0.05, 0.1) is 0 Å². The fourth-order valence-electron chi connectivity index (χ4n) is 2.95. The summed E-state index contributed by atoms with van der Waals surface area (Å²) < 4.78 is 0. The van der Waals surface area contributed by atoms with Crippen molar-refractivity contribution in [1.29, 1.82) is 5.41 Å². The number of hydrogen-bond donors (Lipinski definition) is 3. The third-order valence-electron chi connectivity index (χ3n) is 4.23. The number of aromatic amines is 1. The molecule has 1 heterocycles. The SMILES string of the molecule is CN(C)CCCN(C(=N)N)C(=O)c1cc2c(C(C)(C)C)cccc2[nH]1. The molecular weight excluding hydrogens is 314 g/mol. The van der Waals surface area contributed by atoms with E-state index in [9.17, 15) is 4.79 Å². The van der Waals surface area contributed by atoms with Gasteiger partial charge >= 0.3 is 0 Å². The van der Waals surface area contributed by atoms with E-state index in [1.54, 1.807) is 0 Å². The van der Waals surface area contributed by atoms with E-state index in [-0.39, 0.29) is 17.3 Å². The summed E-state index contributed by atoms with van der Waals surface area (Å²) in [5.74, 6) is -0.485. The minimum atomic E-state index is -0.262. The fourth-order valence-corrected chi connectivity index (χ4v) is 2.95. The number of nitrogens with zero attached hydrogens (tertiary/aromatic N) is 2. The fraction of sp³-hybridized carbons (Fsp3) is 0.474. The Labute approximate surface area is 149 Å². The molecule has 1 aromatic heterocycles. The van der Waals surface area contributed by atoms with Crippen molar-refractivity contribution in [3.05, 3.63) is 35.5 Å². The Balaban J connectivity index is 2.32. The first kappa shape index (κ1) is 19.0. The Hall–Kier alpha value is -2.34. The zero-order chi connectivity index (χ0) is 18.8. The molecular formula is C19H29N5O. The van der Waals surface area contributed by atoms with E-state index in [4.69, 9.17) is 11.1 Å². The minimum absolute atomic E-state index is 0.0198. The summed E-state index contributed by atoms with van der Waals surface area (Å²) in [5, 5.41) is 8.79. The van der Waals surface area contributed by atoms with Crippen LogP contribution in [-0.4, -0.2) is 53.8 Å². The quantitative estimate of drug-likeness (QED) is 0.576. The molecule has 1 amide bonds. The van der Waals surface area contributed by atoms with Crippen LogP contribution in [0.2, 0.25) is 0 Å². The molecule has 2 rings (SSSR count). The number of amides is 1. The zero-order valence-corrected chi connectivity index (χ0v) is 15.8. The molecule has 0 aliphatic heterocycles. The first-order chi connectivity index (χ1) is 11.6. The Morgan fingerprint density at radius 3 is 2.48 bits per heavy atom. The van der Waals surface area contributed by atoms with Gasteiger partial charge in [0, 0.05) is 17.4 Å². The molecule has 2 aromatic rings. The molecule has 6 heteroatoms. The van der Waals surface area contributed by atoms with Gasteiger partial charge in [0.25, 0.3) is 5.91 Å². The number of nitrogens with two attached hydrogens (primary N) is 1. The van der Waals surface area contributed by atoms with Gasteiger partial charge in [-0.25, -0.2) is 0 Å². The number of H-pyrrole nitrogens is 1. The number of carbonyl (C=O) groups excluding carboxylic acids is 1. The third kappa shape index (κ3) is 4.39. The lowest BCUT2D eigenvalue weighted by Gasteiger charge is -2.21. The number of guanidine groups is 1. The average molecular weight is 343 g/mol. The number of rotatable bonds is 5. The van der Waals surface area contributed by atoms with Crippen molar-refractivity contribution in [2.45, 2.75) is 32.6 Å². The monoisotopic (exact) mass is 343 g/mol. The van der Waals surface area contributed by atoms with Crippen LogP contribution < -0.4 is 5.73 Å². The maximum absolute atomic E-state index is 12.9. The van der Waals surface area contributed by atoms with Crippen molar-refractivity contribution in [2.24, 2.45) is 5.73 Å². The van der Waals surface area contributed by atoms with Crippen molar-refractivity contribution in [3.63, 3.8) is 0 Å². The van der Waals surface area contributed by atoms with Gasteiger partial charge in [-0.15, -0.1) is 0 Å². The summed E-state index contributed by atoms with van der Waals surface area (Å²) in [6.45, 7) is 7.71. The van der Waals surface area contributed by atoms with Crippen LogP contribution in [0.25, 0.3) is 10.9 Å². The van der Waals surface area contributed by atoms with Crippen LogP contribution in [0, 0.1) is 5.41 Å². The van der Waals surface area contributed by atoms with Gasteiger partial charge in [0.15, 0.2) is 5.96 Å². The normalized spacial score (nSPS) is 11.9. The molecule has 6 nitrogen and oxygen atoms in total. The molecule has 1 aromatic carbocycles. The highest BCUT2D eigenvalue weighted by Gasteiger charge is 2.23. The predicted octanol–water partition coefficient (Wildman–Crippen LogP) is 2.75. The standard InChI is InChI=1S/C19H29N5O/c1-19(2,3)14-8-6-9-15-13(14)12-16(22-15)17(25)24(18(20)21)11-7-10-23(4)5/h6,8-9,12,22H,7,10-11H2,1-5H3,(H3,20,21). The highest BCUT2D eigenvalue weighted by molar-refractivity contribution is 6.06. The molecule has 0 atom stereocenters. The molecule has 0 aliphatic carbocycles. The number of nitrogens with one attached hydrogen (secondary N) is 2. The van der Waals surface area contributed by atoms with E-state index in [0.29, 0.717) is 12.2 Å². The van der Waals surface area contributed by atoms with Gasteiger partial charge in [-0.1, -0.05) is 32.9 Å². The Morgan fingerprint density at radius 2 is 1.92 bits per heavy atom. The van der Waals surface area contributed by atoms with Crippen molar-refractivity contribution in [2.75, 3.05) is 27.2 Å². The molecule has 0 saturated carbocycles. The molecule has 0 unspecified atom stereocenters. The number of benzene rings is 1. The summed E-state index contributed by atoms with van der Waals surface area (Å²) in [7, 11) is 3.96. The smallest absolute Gasteiger partial charge is 0.276 e. The Kier molecular flexibility index (Phi) is 5.52. The second-order valence-electron chi connectivity index (χ2n) is 7.70. The van der Waals surface area contributed by atoms with Crippen LogP contribution in [-0.2, 0) is 5.41 Å². The molecule has 0 radical (unpaired) electrons. The molecule has 0 spiro atoms. The number of carbonyl (C=O) groups is 1. The summed E-state index contributed by atoms with van der Waals surface area (Å²) in [6, 6.07) is 7.92. The summed E-state index contributed by atoms with van der Waals surface area (Å²) in [6.07, 6.45) is 0.756. The van der Waals surface area contributed by atoms with Crippen LogP contribution >= 0.6 is 0 Å². The molecule has 25 heavy (non-hydrogen) atoms. The van der Waals surface area contributed by atoms with E-state index in [1.807, 2.05) is 37.2 Å².